The van der Waals surface area contributed by atoms with Crippen molar-refractivity contribution in [2.24, 2.45) is 5.73 Å². The number of amides is 6. The molecule has 0 bridgehead atoms. The molecule has 28 heteroatoms. The molecule has 0 unspecified atom stereocenters. The predicted octanol–water partition coefficient (Wildman–Crippen LogP) is 14.5. The zero-order chi connectivity index (χ0) is 63.9. The van der Waals surface area contributed by atoms with E-state index in [0.717, 1.165) is 82.9 Å². The first kappa shape index (κ1) is 67.1. The van der Waals surface area contributed by atoms with Crippen molar-refractivity contribution in [1.29, 1.82) is 5.26 Å². The number of urea groups is 3. The van der Waals surface area contributed by atoms with E-state index >= 15 is 0 Å². The molecule has 3 aromatic carbocycles. The summed E-state index contributed by atoms with van der Waals surface area (Å²) in [6.45, 7) is 3.58. The largest absolute Gasteiger partial charge is 0.573 e. The molecule has 464 valence electrons. The Balaban J connectivity index is 0.000000189. The first-order valence-corrected chi connectivity index (χ1v) is 27.9. The van der Waals surface area contributed by atoms with Crippen molar-refractivity contribution < 1.29 is 58.6 Å². The lowest BCUT2D eigenvalue weighted by Gasteiger charge is -2.27. The molecule has 6 heterocycles. The van der Waals surface area contributed by atoms with Gasteiger partial charge >= 0.3 is 36.8 Å². The van der Waals surface area contributed by atoms with Gasteiger partial charge < -0.3 is 46.0 Å². The number of aromatic nitrogens is 3. The molecule has 5 N–H and O–H groups in total. The number of nitrogens with zero attached hydrogens (tertiary/aromatic N) is 8. The molecule has 3 aliphatic heterocycles. The van der Waals surface area contributed by atoms with Crippen LogP contribution in [0, 0.1) is 11.3 Å². The minimum atomic E-state index is -4.77. The monoisotopic (exact) mass is 1280 g/mol. The smallest absolute Gasteiger partial charge is 0.406 e. The van der Waals surface area contributed by atoms with Crippen LogP contribution in [0.15, 0.2) is 128 Å². The number of halogens is 12. The normalized spacial score (nSPS) is 14.4. The van der Waals surface area contributed by atoms with Crippen molar-refractivity contribution in [1.82, 2.24) is 34.6 Å². The Morgan fingerprint density at radius 3 is 1.26 bits per heavy atom. The Morgan fingerprint density at radius 1 is 0.580 bits per heavy atom. The van der Waals surface area contributed by atoms with Gasteiger partial charge in [-0.05, 0) is 159 Å². The highest BCUT2D eigenvalue weighted by molar-refractivity contribution is 6.33. The summed E-state index contributed by atoms with van der Waals surface area (Å²) in [5, 5.41) is 18.2. The number of benzene rings is 3. The van der Waals surface area contributed by atoms with Crippen molar-refractivity contribution >= 4 is 86.7 Å². The number of carbonyl (C=O) groups excluding carboxylic acids is 3. The Kier molecular flexibility index (Phi) is 22.9. The van der Waals surface area contributed by atoms with Crippen LogP contribution in [0.5, 0.6) is 5.75 Å². The second-order valence-electron chi connectivity index (χ2n) is 20.1. The number of ether oxygens (including phenoxy) is 1. The number of carbonyl (C=O) groups is 3. The lowest BCUT2D eigenvalue weighted by molar-refractivity contribution is -0.274. The topological polar surface area (TPSA) is 198 Å². The number of hydrogen-bond donors (Lipinski definition) is 4. The van der Waals surface area contributed by atoms with Crippen LogP contribution in [0.25, 0.3) is 16.7 Å². The summed E-state index contributed by atoms with van der Waals surface area (Å²) in [5.74, 6) is -0.368. The summed E-state index contributed by atoms with van der Waals surface area (Å²) in [6, 6.07) is 19.7. The quantitative estimate of drug-likeness (QED) is 0.0906. The Labute approximate surface area is 515 Å². The number of pyridine rings is 3. The van der Waals surface area contributed by atoms with Crippen LogP contribution < -0.4 is 26.4 Å². The molecule has 3 aliphatic rings. The number of nitriles is 1. The van der Waals surface area contributed by atoms with Gasteiger partial charge in [0.15, 0.2) is 0 Å². The Morgan fingerprint density at radius 2 is 0.943 bits per heavy atom. The Hall–Kier alpha value is -8.41. The van der Waals surface area contributed by atoms with Crippen molar-refractivity contribution in [3.8, 4) is 11.8 Å². The predicted molar refractivity (Wildman–Crippen MR) is 318 cm³/mol. The van der Waals surface area contributed by atoms with E-state index < -0.39 is 29.8 Å². The van der Waals surface area contributed by atoms with Gasteiger partial charge in [-0.1, -0.05) is 53.0 Å². The molecule has 6 amide bonds. The molecule has 0 spiro atoms. The van der Waals surface area contributed by atoms with Gasteiger partial charge in [-0.3, -0.25) is 15.0 Å². The van der Waals surface area contributed by atoms with Gasteiger partial charge in [0.25, 0.3) is 0 Å². The standard InChI is InChI=1S/C22H24ClF3N4O.C19H14ClF3N4O2.C19H18ClF3N4O/c1-29(2)10-7-15-13-19(23)20(27-14-15)16-8-11-30(12-9-16)21(31)28-18-5-3-17(4-6-18)22(24,25)26;20-16-9-12(10-24)11-25-17(16)13-5-7-27(8-6-13)18(28)26-14-1-3-15(4-2-14)29-19(21,22)23;20-16-9-12(10-24)11-25-17(16)13-5-7-27(8-6-13)18(28)26-15-3-1-14(2-4-15)19(21,22)23/h3-6,8,13-14H,7,9-12H2,1-2H3,(H,28,31);1-5,9,11H,6-8H2,(H,26,28);1-5,9,11H,6-8,10,24H2,(H,26,28). The van der Waals surface area contributed by atoms with Crippen LogP contribution in [0.4, 0.5) is 71.0 Å². The molecule has 16 nitrogen and oxygen atoms in total. The van der Waals surface area contributed by atoms with Crippen molar-refractivity contribution in [2.45, 2.75) is 50.9 Å². The zero-order valence-corrected chi connectivity index (χ0v) is 49.2. The lowest BCUT2D eigenvalue weighted by atomic mass is 10.0. The fraction of sp³-hybridized carbons (Fsp3) is 0.283. The van der Waals surface area contributed by atoms with E-state index in [4.69, 9.17) is 45.8 Å². The van der Waals surface area contributed by atoms with E-state index in [9.17, 15) is 53.9 Å². The highest BCUT2D eigenvalue weighted by Crippen LogP contribution is 2.34. The molecular weight excluding hydrogens is 1230 g/mol. The highest BCUT2D eigenvalue weighted by Gasteiger charge is 2.33. The van der Waals surface area contributed by atoms with Gasteiger partial charge in [-0.2, -0.15) is 31.6 Å². The minimum absolute atomic E-state index is 0.301. The van der Waals surface area contributed by atoms with E-state index in [1.165, 1.54) is 48.7 Å². The highest BCUT2D eigenvalue weighted by atomic mass is 35.5. The van der Waals surface area contributed by atoms with Crippen LogP contribution in [0.1, 0.15) is 64.2 Å². The molecule has 9 rings (SSSR count). The van der Waals surface area contributed by atoms with Crippen molar-refractivity contribution in [2.75, 3.05) is 75.9 Å². The average Bonchev–Trinajstić information content (AvgIpc) is 2.42. The third-order valence-corrected chi connectivity index (χ3v) is 14.4. The van der Waals surface area contributed by atoms with Gasteiger partial charge in [-0.25, -0.2) is 14.4 Å². The first-order valence-electron chi connectivity index (χ1n) is 26.8. The summed E-state index contributed by atoms with van der Waals surface area (Å²) < 4.78 is 116. The summed E-state index contributed by atoms with van der Waals surface area (Å²) >= 11 is 18.9. The van der Waals surface area contributed by atoms with Gasteiger partial charge in [0.2, 0.25) is 0 Å². The van der Waals surface area contributed by atoms with Gasteiger partial charge in [0, 0.05) is 88.0 Å². The maximum absolute atomic E-state index is 12.7. The van der Waals surface area contributed by atoms with Crippen molar-refractivity contribution in [3.05, 3.63) is 188 Å². The Bertz CT molecular complexity index is 3580. The third-order valence-electron chi connectivity index (χ3n) is 13.5. The van der Waals surface area contributed by atoms with Gasteiger partial charge in [-0.15, -0.1) is 13.2 Å². The second kappa shape index (κ2) is 30.0. The lowest BCUT2D eigenvalue weighted by Crippen LogP contribution is -2.38. The second-order valence-corrected chi connectivity index (χ2v) is 21.3. The van der Waals surface area contributed by atoms with Gasteiger partial charge in [0.1, 0.15) is 11.8 Å². The van der Waals surface area contributed by atoms with E-state index in [-0.39, 0.29) is 23.8 Å². The number of anilines is 3. The van der Waals surface area contributed by atoms with Crippen LogP contribution in [0.2, 0.25) is 15.1 Å². The number of likely N-dealkylation sites (N-methyl/N-ethyl adjacent to an activating group) is 1. The molecular formula is C60H56Cl3F9N12O4. The van der Waals surface area contributed by atoms with E-state index in [0.29, 0.717) is 114 Å². The number of hydrogen-bond acceptors (Lipinski definition) is 10. The molecule has 0 radical (unpaired) electrons. The number of nitrogens with two attached hydrogens (primary N) is 1. The summed E-state index contributed by atoms with van der Waals surface area (Å²) in [7, 11) is 4.02. The average molecular weight is 1290 g/mol. The number of alkyl halides is 9. The molecule has 6 aromatic rings. The third kappa shape index (κ3) is 19.5. The number of nitrogens with one attached hydrogen (secondary N) is 3. The van der Waals surface area contributed by atoms with Crippen LogP contribution in [-0.4, -0.2) is 119 Å². The van der Waals surface area contributed by atoms with Crippen LogP contribution in [0.3, 0.4) is 0 Å². The molecule has 0 atom stereocenters. The summed E-state index contributed by atoms with van der Waals surface area (Å²) in [6.07, 6.45) is -0.520. The molecule has 0 saturated carbocycles. The molecule has 3 aromatic heterocycles. The molecule has 0 fully saturated rings. The first-order chi connectivity index (χ1) is 41.7. The van der Waals surface area contributed by atoms with E-state index in [2.05, 4.69) is 40.5 Å². The summed E-state index contributed by atoms with van der Waals surface area (Å²) in [5.41, 5.74) is 12.0. The fourth-order valence-corrected chi connectivity index (χ4v) is 9.71. The zero-order valence-electron chi connectivity index (χ0n) is 46.9. The summed E-state index contributed by atoms with van der Waals surface area (Å²) in [4.78, 5) is 57.0. The fourth-order valence-electron chi connectivity index (χ4n) is 8.80. The molecule has 0 saturated heterocycles. The number of rotatable bonds is 11. The minimum Gasteiger partial charge on any atom is -0.406 e. The molecule has 88 heavy (non-hydrogen) atoms. The maximum Gasteiger partial charge on any atom is 0.573 e. The SMILES string of the molecule is CN(C)CCc1cnc(C2=CCN(C(=O)Nc3ccc(C(F)(F)F)cc3)CC2)c(Cl)c1.N#Cc1cnc(C2=CCN(C(=O)Nc3ccc(OC(F)(F)F)cc3)CC2)c(Cl)c1.NCc1cnc(C2=CCN(C(=O)Nc3ccc(C(F)(F)F)cc3)CC2)c(Cl)c1. The van der Waals surface area contributed by atoms with Gasteiger partial charge in [0.05, 0.1) is 48.8 Å². The maximum atomic E-state index is 12.7. The van der Waals surface area contributed by atoms with Crippen LogP contribution in [-0.2, 0) is 25.3 Å². The van der Waals surface area contributed by atoms with E-state index in [1.807, 2.05) is 50.7 Å². The molecule has 0 aliphatic carbocycles. The van der Waals surface area contributed by atoms with Crippen LogP contribution >= 0.6 is 34.8 Å². The van der Waals surface area contributed by atoms with E-state index in [1.54, 1.807) is 27.0 Å². The van der Waals surface area contributed by atoms with Crippen molar-refractivity contribution in [3.63, 3.8) is 0 Å².